The van der Waals surface area contributed by atoms with E-state index in [1.54, 1.807) is 20.8 Å². The molecule has 2 atom stereocenters. The van der Waals surface area contributed by atoms with Crippen LogP contribution in [0.2, 0.25) is 0 Å². The molecule has 8 heteroatoms. The first-order valence-corrected chi connectivity index (χ1v) is 10.1. The van der Waals surface area contributed by atoms with Crippen LogP contribution in [-0.4, -0.2) is 47.0 Å². The van der Waals surface area contributed by atoms with E-state index in [0.717, 1.165) is 0 Å². The third kappa shape index (κ3) is 4.21. The summed E-state index contributed by atoms with van der Waals surface area (Å²) in [6, 6.07) is 2.23. The highest BCUT2D eigenvalue weighted by molar-refractivity contribution is 9.10. The monoisotopic (exact) mass is 455 g/mol. The largest absolute Gasteiger partial charge is 0.452 e. The predicted octanol–water partition coefficient (Wildman–Crippen LogP) is 4.03. The molecule has 2 aliphatic rings. The molecule has 0 saturated carbocycles. The van der Waals surface area contributed by atoms with Gasteiger partial charge >= 0.3 is 12.1 Å². The van der Waals surface area contributed by atoms with Gasteiger partial charge in [-0.05, 0) is 74.5 Å². The first kappa shape index (κ1) is 20.8. The van der Waals surface area contributed by atoms with Gasteiger partial charge in [0.25, 0.3) is 0 Å². The Labute approximate surface area is 171 Å². The van der Waals surface area contributed by atoms with Crippen molar-refractivity contribution in [3.8, 4) is 0 Å². The van der Waals surface area contributed by atoms with Gasteiger partial charge in [-0.25, -0.2) is 14.0 Å². The van der Waals surface area contributed by atoms with Crippen LogP contribution >= 0.6 is 15.9 Å². The number of ketones is 1. The van der Waals surface area contributed by atoms with E-state index in [2.05, 4.69) is 15.9 Å². The quantitative estimate of drug-likeness (QED) is 0.629. The number of hydrogen-bond donors (Lipinski definition) is 0. The summed E-state index contributed by atoms with van der Waals surface area (Å²) in [7, 11) is 0. The van der Waals surface area contributed by atoms with Crippen molar-refractivity contribution in [2.45, 2.75) is 64.2 Å². The number of esters is 1. The topological polar surface area (TPSA) is 72.9 Å². The van der Waals surface area contributed by atoms with Crippen molar-refractivity contribution >= 4 is 33.8 Å². The van der Waals surface area contributed by atoms with Gasteiger partial charge in [0.05, 0.1) is 4.47 Å². The lowest BCUT2D eigenvalue weighted by molar-refractivity contribution is -0.152. The molecule has 1 unspecified atom stereocenters. The molecule has 3 rings (SSSR count). The maximum atomic E-state index is 14.2. The lowest BCUT2D eigenvalue weighted by Gasteiger charge is -2.29. The minimum absolute atomic E-state index is 0.212. The van der Waals surface area contributed by atoms with E-state index in [4.69, 9.17) is 9.47 Å². The van der Waals surface area contributed by atoms with Crippen molar-refractivity contribution in [1.82, 2.24) is 4.90 Å². The Bertz CT molecular complexity index is 820. The van der Waals surface area contributed by atoms with Gasteiger partial charge in [0.15, 0.2) is 6.10 Å². The van der Waals surface area contributed by atoms with Gasteiger partial charge in [0.1, 0.15) is 17.5 Å². The highest BCUT2D eigenvalue weighted by atomic mass is 79.9. The van der Waals surface area contributed by atoms with Gasteiger partial charge in [-0.1, -0.05) is 0 Å². The van der Waals surface area contributed by atoms with Crippen molar-refractivity contribution in [2.75, 3.05) is 6.54 Å². The molecule has 1 aliphatic heterocycles. The number of halogens is 2. The number of ether oxygens (including phenoxy) is 2. The molecule has 0 bridgehead atoms. The Morgan fingerprint density at radius 3 is 2.64 bits per heavy atom. The fraction of sp³-hybridized carbons (Fsp3) is 0.550. The Morgan fingerprint density at radius 2 is 1.96 bits per heavy atom. The number of rotatable bonds is 2. The smallest absolute Gasteiger partial charge is 0.411 e. The predicted molar refractivity (Wildman–Crippen MR) is 103 cm³/mol. The number of fused-ring (bicyclic) bond motifs is 1. The van der Waals surface area contributed by atoms with E-state index < -0.39 is 41.4 Å². The van der Waals surface area contributed by atoms with Crippen LogP contribution in [-0.2, 0) is 20.7 Å². The molecule has 28 heavy (non-hydrogen) atoms. The molecule has 152 valence electrons. The van der Waals surface area contributed by atoms with Gasteiger partial charge in [-0.15, -0.1) is 0 Å². The van der Waals surface area contributed by atoms with Gasteiger partial charge in [-0.2, -0.15) is 0 Å². The molecule has 1 amide bonds. The number of hydrogen-bond acceptors (Lipinski definition) is 5. The van der Waals surface area contributed by atoms with Crippen molar-refractivity contribution in [1.29, 1.82) is 0 Å². The van der Waals surface area contributed by atoms with Crippen molar-refractivity contribution in [3.63, 3.8) is 0 Å². The van der Waals surface area contributed by atoms with Crippen LogP contribution in [0.4, 0.5) is 9.18 Å². The molecule has 6 nitrogen and oxygen atoms in total. The molecule has 1 saturated heterocycles. The number of Topliss-reactive ketones (excluding diaryl/α,β-unsaturated/α-hetero) is 1. The Morgan fingerprint density at radius 1 is 1.25 bits per heavy atom. The molecule has 1 aromatic carbocycles. The van der Waals surface area contributed by atoms with E-state index in [1.807, 2.05) is 0 Å². The number of carbonyl (C=O) groups excluding carboxylic acids is 3. The molecular weight excluding hydrogens is 433 g/mol. The van der Waals surface area contributed by atoms with Gasteiger partial charge in [0, 0.05) is 17.7 Å². The van der Waals surface area contributed by atoms with Gasteiger partial charge in [-0.3, -0.25) is 9.69 Å². The highest BCUT2D eigenvalue weighted by Gasteiger charge is 2.40. The zero-order valence-electron chi connectivity index (χ0n) is 16.1. The number of benzene rings is 1. The molecule has 1 aromatic rings. The Hall–Kier alpha value is -1.96. The third-order valence-electron chi connectivity index (χ3n) is 4.82. The summed E-state index contributed by atoms with van der Waals surface area (Å²) in [6.45, 7) is 5.66. The van der Waals surface area contributed by atoms with Crippen LogP contribution in [0.5, 0.6) is 0 Å². The molecule has 0 aromatic heterocycles. The number of carbonyl (C=O) groups is 3. The number of amides is 1. The van der Waals surface area contributed by atoms with Gasteiger partial charge < -0.3 is 9.47 Å². The highest BCUT2D eigenvalue weighted by Crippen LogP contribution is 2.30. The minimum Gasteiger partial charge on any atom is -0.452 e. The van der Waals surface area contributed by atoms with Crippen molar-refractivity contribution < 1.29 is 28.2 Å². The second kappa shape index (κ2) is 7.81. The van der Waals surface area contributed by atoms with Crippen molar-refractivity contribution in [2.24, 2.45) is 0 Å². The second-order valence-electron chi connectivity index (χ2n) is 8.05. The van der Waals surface area contributed by atoms with Crippen LogP contribution in [0, 0.1) is 5.82 Å². The van der Waals surface area contributed by atoms with Crippen LogP contribution in [0.3, 0.4) is 0 Å². The Kier molecular flexibility index (Phi) is 5.79. The summed E-state index contributed by atoms with van der Waals surface area (Å²) in [5.41, 5.74) is -0.0988. The maximum Gasteiger partial charge on any atom is 0.411 e. The average molecular weight is 456 g/mol. The summed E-state index contributed by atoms with van der Waals surface area (Å²) in [4.78, 5) is 39.0. The molecular formula is C20H23BrFNO5. The standard InChI is InChI=1S/C20H23BrFNO5/c1-20(2,3)28-19(26)23-10-4-5-14(23)18(25)27-15-9-7-11-12(17(15)24)6-8-13(21)16(11)22/h6,8,14-15H,4-5,7,9-10H2,1-3H3/t14-,15?/m0/s1. The second-order valence-corrected chi connectivity index (χ2v) is 8.90. The first-order chi connectivity index (χ1) is 13.1. The SMILES string of the molecule is CC(C)(C)OC(=O)N1CCC[C@H]1C(=O)OC1CCc2c(ccc(Br)c2F)C1=O. The summed E-state index contributed by atoms with van der Waals surface area (Å²) in [5, 5.41) is 0. The minimum atomic E-state index is -0.971. The fourth-order valence-electron chi connectivity index (χ4n) is 3.53. The van der Waals surface area contributed by atoms with E-state index in [9.17, 15) is 18.8 Å². The molecule has 0 radical (unpaired) electrons. The van der Waals surface area contributed by atoms with Crippen LogP contribution in [0.1, 0.15) is 56.0 Å². The maximum absolute atomic E-state index is 14.2. The summed E-state index contributed by atoms with van der Waals surface area (Å²) in [6.07, 6.45) is 0.0759. The number of likely N-dealkylation sites (tertiary alicyclic amines) is 1. The van der Waals surface area contributed by atoms with Crippen LogP contribution in [0.15, 0.2) is 16.6 Å². The molecule has 1 aliphatic carbocycles. The zero-order valence-corrected chi connectivity index (χ0v) is 17.7. The Balaban J connectivity index is 1.70. The lowest BCUT2D eigenvalue weighted by atomic mass is 9.88. The molecule has 0 N–H and O–H groups in total. The van der Waals surface area contributed by atoms with E-state index in [-0.39, 0.29) is 12.0 Å². The normalized spacial score (nSPS) is 22.0. The average Bonchev–Trinajstić information content (AvgIpc) is 3.09. The van der Waals surface area contributed by atoms with Crippen molar-refractivity contribution in [3.05, 3.63) is 33.5 Å². The van der Waals surface area contributed by atoms with Gasteiger partial charge in [0.2, 0.25) is 5.78 Å². The summed E-state index contributed by atoms with van der Waals surface area (Å²) < 4.78 is 25.3. The molecule has 1 heterocycles. The third-order valence-corrected chi connectivity index (χ3v) is 5.43. The first-order valence-electron chi connectivity index (χ1n) is 9.29. The number of nitrogens with zero attached hydrogens (tertiary/aromatic N) is 1. The van der Waals surface area contributed by atoms with E-state index in [1.165, 1.54) is 17.0 Å². The van der Waals surface area contributed by atoms with E-state index >= 15 is 0 Å². The fourth-order valence-corrected chi connectivity index (χ4v) is 3.90. The van der Waals surface area contributed by atoms with Crippen LogP contribution in [0.25, 0.3) is 0 Å². The summed E-state index contributed by atoms with van der Waals surface area (Å²) >= 11 is 3.11. The summed E-state index contributed by atoms with van der Waals surface area (Å²) in [5.74, 6) is -1.49. The molecule has 0 spiro atoms. The zero-order chi connectivity index (χ0) is 20.6. The van der Waals surface area contributed by atoms with Crippen LogP contribution < -0.4 is 0 Å². The lowest BCUT2D eigenvalue weighted by Crippen LogP contribution is -2.46. The molecule has 1 fully saturated rings. The van der Waals surface area contributed by atoms with E-state index in [0.29, 0.717) is 35.8 Å².